The summed E-state index contributed by atoms with van der Waals surface area (Å²) in [5.41, 5.74) is 0. The average Bonchev–Trinajstić information content (AvgIpc) is 2.64. The predicted molar refractivity (Wildman–Crippen MR) is 98.7 cm³/mol. The molecule has 0 saturated carbocycles. The second kappa shape index (κ2) is 7.85. The van der Waals surface area contributed by atoms with E-state index in [2.05, 4.69) is 24.9 Å². The third-order valence-electron chi connectivity index (χ3n) is 3.59. The van der Waals surface area contributed by atoms with Crippen molar-refractivity contribution in [1.82, 2.24) is 24.9 Å². The molecule has 0 N–H and O–H groups in total. The van der Waals surface area contributed by atoms with Crippen LogP contribution < -0.4 is 9.80 Å². The molecule has 0 amide bonds. The van der Waals surface area contributed by atoms with Gasteiger partial charge in [0, 0.05) is 25.5 Å². The number of pyridine rings is 2. The fourth-order valence-electron chi connectivity index (χ4n) is 2.37. The molecule has 8 heteroatoms. The quantitative estimate of drug-likeness (QED) is 0.668. The van der Waals surface area contributed by atoms with Gasteiger partial charge in [0.1, 0.15) is 11.6 Å². The first-order valence-electron chi connectivity index (χ1n) is 8.01. The van der Waals surface area contributed by atoms with Gasteiger partial charge in [-0.3, -0.25) is 0 Å². The summed E-state index contributed by atoms with van der Waals surface area (Å²) in [6.07, 6.45) is 3.42. The molecule has 0 bridgehead atoms. The van der Waals surface area contributed by atoms with E-state index in [9.17, 15) is 0 Å². The van der Waals surface area contributed by atoms with Crippen LogP contribution in [0.5, 0.6) is 0 Å². The maximum Gasteiger partial charge on any atom is 0.243 e. The molecule has 0 aliphatic carbocycles. The van der Waals surface area contributed by atoms with Crippen molar-refractivity contribution in [2.24, 2.45) is 0 Å². The fourth-order valence-corrected chi connectivity index (χ4v) is 2.52. The molecule has 0 radical (unpaired) electrons. The van der Waals surface area contributed by atoms with Crippen LogP contribution in [0.1, 0.15) is 13.8 Å². The van der Waals surface area contributed by atoms with E-state index >= 15 is 0 Å². The number of rotatable bonds is 6. The lowest BCUT2D eigenvalue weighted by Crippen LogP contribution is -2.26. The molecule has 0 aromatic carbocycles. The van der Waals surface area contributed by atoms with Gasteiger partial charge in [-0.1, -0.05) is 12.1 Å². The first-order chi connectivity index (χ1) is 12.2. The SMILES string of the molecule is CCN(CC)c1nc(Cl)nc(N(c2ccccn2)c2ccccn2)n1. The molecule has 0 unspecified atom stereocenters. The standard InChI is InChI=1S/C17H18ClN7/c1-3-24(4-2)16-21-15(18)22-17(23-16)25(13-9-5-7-11-19-13)14-10-6-8-12-20-14/h5-12H,3-4H2,1-2H3. The third kappa shape index (κ3) is 3.83. The summed E-state index contributed by atoms with van der Waals surface area (Å²) in [4.78, 5) is 25.7. The summed E-state index contributed by atoms with van der Waals surface area (Å²) >= 11 is 6.17. The second-order valence-electron chi connectivity index (χ2n) is 5.09. The van der Waals surface area contributed by atoms with Crippen molar-refractivity contribution in [3.63, 3.8) is 0 Å². The van der Waals surface area contributed by atoms with Crippen molar-refractivity contribution in [1.29, 1.82) is 0 Å². The molecule has 0 spiro atoms. The van der Waals surface area contributed by atoms with Crippen LogP contribution in [0.2, 0.25) is 5.28 Å². The van der Waals surface area contributed by atoms with Gasteiger partial charge in [0.15, 0.2) is 0 Å². The van der Waals surface area contributed by atoms with E-state index in [4.69, 9.17) is 11.6 Å². The lowest BCUT2D eigenvalue weighted by molar-refractivity contribution is 0.809. The lowest BCUT2D eigenvalue weighted by Gasteiger charge is -2.23. The zero-order valence-electron chi connectivity index (χ0n) is 14.0. The number of nitrogens with zero attached hydrogens (tertiary/aromatic N) is 7. The summed E-state index contributed by atoms with van der Waals surface area (Å²) < 4.78 is 0. The van der Waals surface area contributed by atoms with Crippen molar-refractivity contribution >= 4 is 35.1 Å². The Morgan fingerprint density at radius 3 is 1.84 bits per heavy atom. The Kier molecular flexibility index (Phi) is 5.35. The van der Waals surface area contributed by atoms with Crippen LogP contribution >= 0.6 is 11.6 Å². The minimum Gasteiger partial charge on any atom is -0.341 e. The first-order valence-corrected chi connectivity index (χ1v) is 8.39. The molecule has 3 heterocycles. The smallest absolute Gasteiger partial charge is 0.243 e. The molecular weight excluding hydrogens is 338 g/mol. The van der Waals surface area contributed by atoms with Gasteiger partial charge in [0.05, 0.1) is 0 Å². The molecule has 0 saturated heterocycles. The highest BCUT2D eigenvalue weighted by atomic mass is 35.5. The summed E-state index contributed by atoms with van der Waals surface area (Å²) in [5, 5.41) is 0.128. The molecule has 3 aromatic rings. The average molecular weight is 356 g/mol. The Morgan fingerprint density at radius 2 is 1.36 bits per heavy atom. The molecule has 25 heavy (non-hydrogen) atoms. The third-order valence-corrected chi connectivity index (χ3v) is 3.76. The lowest BCUT2D eigenvalue weighted by atomic mass is 10.4. The number of anilines is 4. The van der Waals surface area contributed by atoms with Crippen LogP contribution in [0.4, 0.5) is 23.5 Å². The van der Waals surface area contributed by atoms with Crippen LogP contribution in [0.15, 0.2) is 48.8 Å². The predicted octanol–water partition coefficient (Wildman–Crippen LogP) is 3.63. The normalized spacial score (nSPS) is 10.5. The Balaban J connectivity index is 2.14. The Bertz CT molecular complexity index is 770. The van der Waals surface area contributed by atoms with Gasteiger partial charge < -0.3 is 4.90 Å². The molecule has 0 aliphatic rings. The minimum atomic E-state index is 0.128. The van der Waals surface area contributed by atoms with E-state index in [1.54, 1.807) is 17.3 Å². The Morgan fingerprint density at radius 1 is 0.800 bits per heavy atom. The van der Waals surface area contributed by atoms with E-state index < -0.39 is 0 Å². The van der Waals surface area contributed by atoms with Crippen LogP contribution in [0, 0.1) is 0 Å². The van der Waals surface area contributed by atoms with Gasteiger partial charge in [-0.2, -0.15) is 15.0 Å². The van der Waals surface area contributed by atoms with Gasteiger partial charge >= 0.3 is 0 Å². The Hall–Kier alpha value is -2.80. The van der Waals surface area contributed by atoms with Crippen molar-refractivity contribution in [2.45, 2.75) is 13.8 Å². The van der Waals surface area contributed by atoms with E-state index in [-0.39, 0.29) is 5.28 Å². The van der Waals surface area contributed by atoms with Crippen molar-refractivity contribution in [3.8, 4) is 0 Å². The van der Waals surface area contributed by atoms with Crippen LogP contribution in [0.25, 0.3) is 0 Å². The van der Waals surface area contributed by atoms with Gasteiger partial charge in [-0.05, 0) is 49.7 Å². The molecule has 7 nitrogen and oxygen atoms in total. The zero-order valence-corrected chi connectivity index (χ0v) is 14.8. The molecule has 3 rings (SSSR count). The largest absolute Gasteiger partial charge is 0.341 e. The van der Waals surface area contributed by atoms with Crippen molar-refractivity contribution < 1.29 is 0 Å². The van der Waals surface area contributed by atoms with Gasteiger partial charge in [0.25, 0.3) is 0 Å². The summed E-state index contributed by atoms with van der Waals surface area (Å²) in [6, 6.07) is 11.2. The van der Waals surface area contributed by atoms with E-state index in [0.717, 1.165) is 13.1 Å². The summed E-state index contributed by atoms with van der Waals surface area (Å²) in [7, 11) is 0. The highest BCUT2D eigenvalue weighted by Gasteiger charge is 2.20. The van der Waals surface area contributed by atoms with Crippen LogP contribution in [0.3, 0.4) is 0 Å². The van der Waals surface area contributed by atoms with E-state index in [0.29, 0.717) is 23.5 Å². The maximum absolute atomic E-state index is 6.17. The van der Waals surface area contributed by atoms with E-state index in [1.165, 1.54) is 0 Å². The molecule has 0 atom stereocenters. The second-order valence-corrected chi connectivity index (χ2v) is 5.43. The fraction of sp³-hybridized carbons (Fsp3) is 0.235. The van der Waals surface area contributed by atoms with Crippen LogP contribution in [-0.2, 0) is 0 Å². The Labute approximate surface area is 151 Å². The van der Waals surface area contributed by atoms with Crippen molar-refractivity contribution in [3.05, 3.63) is 54.1 Å². The van der Waals surface area contributed by atoms with Crippen LogP contribution in [-0.4, -0.2) is 38.0 Å². The molecule has 0 aliphatic heterocycles. The maximum atomic E-state index is 6.17. The summed E-state index contributed by atoms with van der Waals surface area (Å²) in [6.45, 7) is 5.61. The molecule has 128 valence electrons. The number of aromatic nitrogens is 5. The molecule has 3 aromatic heterocycles. The molecular formula is C17H18ClN7. The van der Waals surface area contributed by atoms with Gasteiger partial charge in [-0.25, -0.2) is 14.9 Å². The monoisotopic (exact) mass is 355 g/mol. The summed E-state index contributed by atoms with van der Waals surface area (Å²) in [5.74, 6) is 2.19. The van der Waals surface area contributed by atoms with Gasteiger partial charge in [-0.15, -0.1) is 0 Å². The molecule has 0 fully saturated rings. The first kappa shape index (κ1) is 17.0. The van der Waals surface area contributed by atoms with Gasteiger partial charge in [0.2, 0.25) is 17.2 Å². The number of hydrogen-bond donors (Lipinski definition) is 0. The highest BCUT2D eigenvalue weighted by Crippen LogP contribution is 2.30. The minimum absolute atomic E-state index is 0.128. The zero-order chi connectivity index (χ0) is 17.6. The topological polar surface area (TPSA) is 70.9 Å². The number of hydrogen-bond acceptors (Lipinski definition) is 7. The van der Waals surface area contributed by atoms with E-state index in [1.807, 2.05) is 55.1 Å². The van der Waals surface area contributed by atoms with Crippen molar-refractivity contribution in [2.75, 3.05) is 22.9 Å². The highest BCUT2D eigenvalue weighted by molar-refractivity contribution is 6.28. The number of halogens is 1.